The maximum absolute atomic E-state index is 2.45. The van der Waals surface area contributed by atoms with Crippen molar-refractivity contribution < 1.29 is 0 Å². The molecule has 0 radical (unpaired) electrons. The fraction of sp³-hybridized carbons (Fsp3) is 1.00. The second-order valence-corrected chi connectivity index (χ2v) is 7.74. The molecular weight excluding hydrogens is 216 g/mol. The molecule has 0 aromatic rings. The lowest BCUT2D eigenvalue weighted by molar-refractivity contribution is 0.129. The van der Waals surface area contributed by atoms with Gasteiger partial charge in [0.1, 0.15) is 0 Å². The van der Waals surface area contributed by atoms with Gasteiger partial charge in [-0.2, -0.15) is 0 Å². The molecule has 0 heteroatoms. The molecule has 0 nitrogen and oxygen atoms in total. The molecule has 3 rings (SSSR count). The first-order chi connectivity index (χ1) is 8.83. The van der Waals surface area contributed by atoms with Gasteiger partial charge in [-0.1, -0.05) is 45.4 Å². The topological polar surface area (TPSA) is 0 Å². The maximum atomic E-state index is 2.45. The van der Waals surface area contributed by atoms with Gasteiger partial charge in [-0.25, -0.2) is 0 Å². The summed E-state index contributed by atoms with van der Waals surface area (Å²) in [4.78, 5) is 0. The van der Waals surface area contributed by atoms with Crippen molar-refractivity contribution in [2.45, 2.75) is 84.0 Å². The predicted molar refractivity (Wildman–Crippen MR) is 78.5 cm³/mol. The Bertz CT molecular complexity index is 235. The summed E-state index contributed by atoms with van der Waals surface area (Å²) in [5, 5.41) is 0. The summed E-state index contributed by atoms with van der Waals surface area (Å²) >= 11 is 0. The Labute approximate surface area is 114 Å². The summed E-state index contributed by atoms with van der Waals surface area (Å²) in [6.07, 6.45) is 18.7. The van der Waals surface area contributed by atoms with Crippen LogP contribution in [0.3, 0.4) is 0 Å². The highest BCUT2D eigenvalue weighted by atomic mass is 14.4. The zero-order valence-corrected chi connectivity index (χ0v) is 12.4. The third-order valence-corrected chi connectivity index (χ3v) is 6.61. The Kier molecular flexibility index (Phi) is 4.31. The Balaban J connectivity index is 1.44. The summed E-state index contributed by atoms with van der Waals surface area (Å²) in [5.74, 6) is 5.53. The molecule has 0 aromatic carbocycles. The Hall–Kier alpha value is 0. The van der Waals surface area contributed by atoms with E-state index in [9.17, 15) is 0 Å². The van der Waals surface area contributed by atoms with Crippen LogP contribution in [0.1, 0.15) is 84.0 Å². The SMILES string of the molecule is CC1CCC(C2CCC(C3CCCC3)CC2)CC1. The quantitative estimate of drug-likeness (QED) is 0.578. The smallest absolute Gasteiger partial charge is 0.0386 e. The van der Waals surface area contributed by atoms with Crippen molar-refractivity contribution in [3.8, 4) is 0 Å². The van der Waals surface area contributed by atoms with Gasteiger partial charge in [0, 0.05) is 0 Å². The van der Waals surface area contributed by atoms with Gasteiger partial charge >= 0.3 is 0 Å². The number of rotatable bonds is 2. The number of hydrogen-bond donors (Lipinski definition) is 0. The van der Waals surface area contributed by atoms with Gasteiger partial charge in [-0.15, -0.1) is 0 Å². The summed E-state index contributed by atoms with van der Waals surface area (Å²) in [7, 11) is 0. The van der Waals surface area contributed by atoms with Gasteiger partial charge in [0.15, 0.2) is 0 Å². The average molecular weight is 248 g/mol. The van der Waals surface area contributed by atoms with E-state index < -0.39 is 0 Å². The van der Waals surface area contributed by atoms with Gasteiger partial charge in [0.2, 0.25) is 0 Å². The van der Waals surface area contributed by atoms with Crippen LogP contribution < -0.4 is 0 Å². The molecule has 3 aliphatic carbocycles. The van der Waals surface area contributed by atoms with Crippen molar-refractivity contribution >= 4 is 0 Å². The van der Waals surface area contributed by atoms with Crippen LogP contribution >= 0.6 is 0 Å². The molecule has 18 heavy (non-hydrogen) atoms. The van der Waals surface area contributed by atoms with Crippen LogP contribution in [0.4, 0.5) is 0 Å². The second-order valence-electron chi connectivity index (χ2n) is 7.74. The van der Waals surface area contributed by atoms with E-state index in [1.165, 1.54) is 25.7 Å². The molecule has 3 saturated carbocycles. The van der Waals surface area contributed by atoms with Gasteiger partial charge < -0.3 is 0 Å². The summed E-state index contributed by atoms with van der Waals surface area (Å²) < 4.78 is 0. The van der Waals surface area contributed by atoms with Crippen molar-refractivity contribution in [3.63, 3.8) is 0 Å². The van der Waals surface area contributed by atoms with E-state index in [-0.39, 0.29) is 0 Å². The molecule has 0 amide bonds. The molecule has 3 aliphatic rings. The Morgan fingerprint density at radius 3 is 1.22 bits per heavy atom. The summed E-state index contributed by atoms with van der Waals surface area (Å²) in [5.41, 5.74) is 0. The van der Waals surface area contributed by atoms with Crippen LogP contribution in [0.25, 0.3) is 0 Å². The third kappa shape index (κ3) is 2.94. The van der Waals surface area contributed by atoms with Crippen molar-refractivity contribution in [1.82, 2.24) is 0 Å². The molecule has 0 bridgehead atoms. The molecule has 0 N–H and O–H groups in total. The molecule has 0 spiro atoms. The van der Waals surface area contributed by atoms with Gasteiger partial charge in [0.05, 0.1) is 0 Å². The minimum absolute atomic E-state index is 1.02. The van der Waals surface area contributed by atoms with Crippen LogP contribution in [-0.2, 0) is 0 Å². The van der Waals surface area contributed by atoms with Gasteiger partial charge in [0.25, 0.3) is 0 Å². The Morgan fingerprint density at radius 1 is 0.444 bits per heavy atom. The fourth-order valence-electron chi connectivity index (χ4n) is 5.27. The zero-order valence-electron chi connectivity index (χ0n) is 12.4. The van der Waals surface area contributed by atoms with Crippen LogP contribution in [0.2, 0.25) is 0 Å². The monoisotopic (exact) mass is 248 g/mol. The normalized spacial score (nSPS) is 43.2. The van der Waals surface area contributed by atoms with E-state index in [0.29, 0.717) is 0 Å². The summed E-state index contributed by atoms with van der Waals surface area (Å²) in [6, 6.07) is 0. The van der Waals surface area contributed by atoms with E-state index in [1.54, 1.807) is 51.4 Å². The highest BCUT2D eigenvalue weighted by molar-refractivity contribution is 4.84. The second kappa shape index (κ2) is 5.97. The van der Waals surface area contributed by atoms with Gasteiger partial charge in [-0.05, 0) is 68.1 Å². The van der Waals surface area contributed by atoms with Crippen LogP contribution in [0.5, 0.6) is 0 Å². The lowest BCUT2D eigenvalue weighted by Gasteiger charge is -2.38. The van der Waals surface area contributed by atoms with Gasteiger partial charge in [-0.3, -0.25) is 0 Å². The van der Waals surface area contributed by atoms with Crippen LogP contribution in [0.15, 0.2) is 0 Å². The van der Waals surface area contributed by atoms with E-state index in [2.05, 4.69) is 6.92 Å². The molecule has 0 atom stereocenters. The molecule has 0 aliphatic heterocycles. The lowest BCUT2D eigenvalue weighted by atomic mass is 9.67. The first-order valence-corrected chi connectivity index (χ1v) is 8.83. The molecule has 0 unspecified atom stereocenters. The lowest BCUT2D eigenvalue weighted by Crippen LogP contribution is -2.27. The highest BCUT2D eigenvalue weighted by Crippen LogP contribution is 2.45. The Morgan fingerprint density at radius 2 is 0.778 bits per heavy atom. The minimum Gasteiger partial charge on any atom is -0.0625 e. The molecule has 0 heterocycles. The van der Waals surface area contributed by atoms with E-state index in [4.69, 9.17) is 0 Å². The molecule has 104 valence electrons. The summed E-state index contributed by atoms with van der Waals surface area (Å²) in [6.45, 7) is 2.45. The molecule has 0 aromatic heterocycles. The zero-order chi connectivity index (χ0) is 12.4. The van der Waals surface area contributed by atoms with E-state index in [0.717, 1.165) is 29.6 Å². The third-order valence-electron chi connectivity index (χ3n) is 6.61. The van der Waals surface area contributed by atoms with Crippen LogP contribution in [-0.4, -0.2) is 0 Å². The maximum Gasteiger partial charge on any atom is -0.0386 e. The minimum atomic E-state index is 1.02. The number of hydrogen-bond acceptors (Lipinski definition) is 0. The van der Waals surface area contributed by atoms with E-state index >= 15 is 0 Å². The molecule has 3 fully saturated rings. The largest absolute Gasteiger partial charge is 0.0625 e. The van der Waals surface area contributed by atoms with Crippen LogP contribution in [0, 0.1) is 29.6 Å². The van der Waals surface area contributed by atoms with Crippen molar-refractivity contribution in [2.75, 3.05) is 0 Å². The van der Waals surface area contributed by atoms with E-state index in [1.807, 2.05) is 0 Å². The first kappa shape index (κ1) is 13.0. The van der Waals surface area contributed by atoms with Crippen molar-refractivity contribution in [3.05, 3.63) is 0 Å². The predicted octanol–water partition coefficient (Wildman–Crippen LogP) is 5.81. The van der Waals surface area contributed by atoms with Crippen molar-refractivity contribution in [2.24, 2.45) is 29.6 Å². The standard InChI is InChI=1S/C18H32/c1-14-6-8-16(9-7-14)18-12-10-17(11-13-18)15-4-2-3-5-15/h14-18H,2-13H2,1H3. The van der Waals surface area contributed by atoms with Crippen molar-refractivity contribution in [1.29, 1.82) is 0 Å². The first-order valence-electron chi connectivity index (χ1n) is 8.83. The highest BCUT2D eigenvalue weighted by Gasteiger charge is 2.33. The molecular formula is C18H32. The fourth-order valence-corrected chi connectivity index (χ4v) is 5.27. The average Bonchev–Trinajstić information content (AvgIpc) is 2.94. The molecule has 0 saturated heterocycles.